The topological polar surface area (TPSA) is 102 Å². The zero-order chi connectivity index (χ0) is 21.5. The van der Waals surface area contributed by atoms with Crippen molar-refractivity contribution in [2.45, 2.75) is 22.1 Å². The molecule has 7 nitrogen and oxygen atoms in total. The number of amides is 1. The van der Waals surface area contributed by atoms with Gasteiger partial charge >= 0.3 is 0 Å². The molecule has 1 aliphatic heterocycles. The first kappa shape index (κ1) is 20.2. The molecule has 1 aliphatic rings. The smallest absolute Gasteiger partial charge is 0.225 e. The van der Waals surface area contributed by atoms with E-state index in [-0.39, 0.29) is 33.8 Å². The molecular weight excluding hydrogens is 426 g/mol. The summed E-state index contributed by atoms with van der Waals surface area (Å²) in [7, 11) is -0.879. The number of methoxy groups -OCH3 is 2. The molecule has 0 saturated heterocycles. The van der Waals surface area contributed by atoms with Gasteiger partial charge in [0, 0.05) is 22.6 Å². The summed E-state index contributed by atoms with van der Waals surface area (Å²) in [4.78, 5) is 13.3. The number of aromatic hydroxyl groups is 1. The molecule has 2 N–H and O–H groups in total. The van der Waals surface area contributed by atoms with Crippen LogP contribution in [0.3, 0.4) is 0 Å². The Balaban J connectivity index is 1.78. The van der Waals surface area contributed by atoms with Gasteiger partial charge in [-0.05, 0) is 42.0 Å². The van der Waals surface area contributed by atoms with Gasteiger partial charge in [0.1, 0.15) is 10.6 Å². The third-order valence-electron chi connectivity index (χ3n) is 5.02. The number of carbonyl (C=O) groups excluding carboxylic acids is 1. The van der Waals surface area contributed by atoms with Crippen LogP contribution in [0.2, 0.25) is 0 Å². The highest BCUT2D eigenvalue weighted by Gasteiger charge is 2.34. The fraction of sp³-hybridized carbons (Fsp3) is 0.190. The standard InChI is InChI=1S/C21H19NO6S2/c1-27-13-4-6-14(7-5-13)30(25,26)18-11-29-21-15(10-19(24)22-20(18)21)12-3-8-17(28-2)16(23)9-12/h3-9,11,15,23H,10H2,1-2H3,(H,22,24). The molecule has 4 rings (SSSR count). The van der Waals surface area contributed by atoms with Crippen LogP contribution in [0.25, 0.3) is 0 Å². The Morgan fingerprint density at radius 3 is 2.47 bits per heavy atom. The predicted molar refractivity (Wildman–Crippen MR) is 113 cm³/mol. The van der Waals surface area contributed by atoms with Crippen LogP contribution in [0.5, 0.6) is 17.2 Å². The number of sulfone groups is 1. The van der Waals surface area contributed by atoms with Crippen LogP contribution in [0.4, 0.5) is 5.69 Å². The van der Waals surface area contributed by atoms with E-state index in [9.17, 15) is 18.3 Å². The van der Waals surface area contributed by atoms with Crippen LogP contribution in [0, 0.1) is 0 Å². The summed E-state index contributed by atoms with van der Waals surface area (Å²) in [6, 6.07) is 11.0. The molecule has 2 aromatic carbocycles. The van der Waals surface area contributed by atoms with Gasteiger partial charge in [-0.1, -0.05) is 6.07 Å². The summed E-state index contributed by atoms with van der Waals surface area (Å²) in [5.74, 6) is 0.190. The Morgan fingerprint density at radius 2 is 1.83 bits per heavy atom. The fourth-order valence-corrected chi connectivity index (χ4v) is 6.39. The molecule has 1 unspecified atom stereocenters. The molecule has 0 radical (unpaired) electrons. The van der Waals surface area contributed by atoms with Gasteiger partial charge in [0.15, 0.2) is 11.5 Å². The zero-order valence-corrected chi connectivity index (χ0v) is 17.8. The number of hydrogen-bond acceptors (Lipinski definition) is 7. The maximum Gasteiger partial charge on any atom is 0.225 e. The van der Waals surface area contributed by atoms with Gasteiger partial charge in [-0.15, -0.1) is 11.3 Å². The van der Waals surface area contributed by atoms with Crippen LogP contribution in [-0.2, 0) is 14.6 Å². The van der Waals surface area contributed by atoms with Gasteiger partial charge < -0.3 is 19.9 Å². The van der Waals surface area contributed by atoms with Crippen LogP contribution in [-0.4, -0.2) is 33.7 Å². The van der Waals surface area contributed by atoms with Gasteiger partial charge in [-0.2, -0.15) is 0 Å². The number of phenols is 1. The average molecular weight is 446 g/mol. The van der Waals surface area contributed by atoms with Crippen molar-refractivity contribution in [3.63, 3.8) is 0 Å². The van der Waals surface area contributed by atoms with E-state index in [1.807, 2.05) is 0 Å². The monoisotopic (exact) mass is 445 g/mol. The molecule has 0 aliphatic carbocycles. The summed E-state index contributed by atoms with van der Waals surface area (Å²) >= 11 is 1.27. The van der Waals surface area contributed by atoms with E-state index in [1.54, 1.807) is 35.7 Å². The normalized spacial score (nSPS) is 15.9. The van der Waals surface area contributed by atoms with Gasteiger partial charge in [0.25, 0.3) is 0 Å². The van der Waals surface area contributed by atoms with Crippen LogP contribution < -0.4 is 14.8 Å². The Morgan fingerprint density at radius 1 is 1.10 bits per heavy atom. The number of phenolic OH excluding ortho intramolecular Hbond substituents is 1. The average Bonchev–Trinajstić information content (AvgIpc) is 3.17. The third kappa shape index (κ3) is 3.40. The molecule has 9 heteroatoms. The number of benzene rings is 2. The lowest BCUT2D eigenvalue weighted by molar-refractivity contribution is -0.116. The van der Waals surface area contributed by atoms with Crippen molar-refractivity contribution >= 4 is 32.8 Å². The predicted octanol–water partition coefficient (Wildman–Crippen LogP) is 3.78. The Bertz CT molecular complexity index is 1210. The molecule has 0 bridgehead atoms. The van der Waals surface area contributed by atoms with Crippen molar-refractivity contribution < 1.29 is 27.8 Å². The van der Waals surface area contributed by atoms with E-state index in [2.05, 4.69) is 5.32 Å². The minimum Gasteiger partial charge on any atom is -0.504 e. The lowest BCUT2D eigenvalue weighted by atomic mass is 9.90. The van der Waals surface area contributed by atoms with Gasteiger partial charge in [-0.3, -0.25) is 4.79 Å². The second-order valence-corrected chi connectivity index (χ2v) is 9.58. The van der Waals surface area contributed by atoms with Gasteiger partial charge in [0.2, 0.25) is 15.7 Å². The van der Waals surface area contributed by atoms with Crippen molar-refractivity contribution in [3.8, 4) is 17.2 Å². The summed E-state index contributed by atoms with van der Waals surface area (Å²) in [6.07, 6.45) is 0.154. The summed E-state index contributed by atoms with van der Waals surface area (Å²) in [5, 5.41) is 14.4. The Hall–Kier alpha value is -3.04. The van der Waals surface area contributed by atoms with Crippen molar-refractivity contribution in [3.05, 3.63) is 58.3 Å². The number of rotatable bonds is 5. The van der Waals surface area contributed by atoms with Crippen molar-refractivity contribution in [2.24, 2.45) is 0 Å². The third-order valence-corrected chi connectivity index (χ3v) is 8.06. The number of fused-ring (bicyclic) bond motifs is 1. The van der Waals surface area contributed by atoms with E-state index in [4.69, 9.17) is 9.47 Å². The first-order chi connectivity index (χ1) is 14.3. The van der Waals surface area contributed by atoms with E-state index in [0.29, 0.717) is 22.7 Å². The fourth-order valence-electron chi connectivity index (χ4n) is 3.48. The van der Waals surface area contributed by atoms with Crippen molar-refractivity contribution in [1.29, 1.82) is 0 Å². The Labute approximate surface area is 177 Å². The molecule has 1 aromatic heterocycles. The summed E-state index contributed by atoms with van der Waals surface area (Å²) < 4.78 is 36.6. The number of ether oxygens (including phenoxy) is 2. The minimum atomic E-state index is -3.84. The number of anilines is 1. The van der Waals surface area contributed by atoms with E-state index >= 15 is 0 Å². The molecule has 3 aromatic rings. The highest BCUT2D eigenvalue weighted by atomic mass is 32.2. The number of carbonyl (C=O) groups is 1. The van der Waals surface area contributed by atoms with Crippen LogP contribution >= 0.6 is 11.3 Å². The SMILES string of the molecule is COc1ccc(S(=O)(=O)c2csc3c2NC(=O)CC3c2ccc(OC)c(O)c2)cc1. The van der Waals surface area contributed by atoms with E-state index in [0.717, 1.165) is 4.88 Å². The maximum absolute atomic E-state index is 13.2. The molecule has 30 heavy (non-hydrogen) atoms. The number of hydrogen-bond donors (Lipinski definition) is 2. The minimum absolute atomic E-state index is 0.0369. The second-order valence-electron chi connectivity index (χ2n) is 6.75. The summed E-state index contributed by atoms with van der Waals surface area (Å²) in [5.41, 5.74) is 1.01. The first-order valence-corrected chi connectivity index (χ1v) is 11.4. The van der Waals surface area contributed by atoms with Gasteiger partial charge in [0.05, 0.1) is 24.8 Å². The highest BCUT2D eigenvalue weighted by Crippen LogP contribution is 2.46. The number of nitrogens with one attached hydrogen (secondary N) is 1. The molecule has 1 amide bonds. The molecule has 2 heterocycles. The second kappa shape index (κ2) is 7.66. The molecule has 0 spiro atoms. The van der Waals surface area contributed by atoms with E-state index < -0.39 is 9.84 Å². The molecule has 156 valence electrons. The largest absolute Gasteiger partial charge is 0.504 e. The maximum atomic E-state index is 13.2. The van der Waals surface area contributed by atoms with E-state index in [1.165, 1.54) is 37.7 Å². The van der Waals surface area contributed by atoms with Crippen molar-refractivity contribution in [1.82, 2.24) is 0 Å². The molecule has 0 fully saturated rings. The van der Waals surface area contributed by atoms with Crippen molar-refractivity contribution in [2.75, 3.05) is 19.5 Å². The first-order valence-electron chi connectivity index (χ1n) is 9.02. The molecule has 0 saturated carbocycles. The highest BCUT2D eigenvalue weighted by molar-refractivity contribution is 7.91. The lowest BCUT2D eigenvalue weighted by Crippen LogP contribution is -2.23. The quantitative estimate of drug-likeness (QED) is 0.620. The zero-order valence-electron chi connectivity index (χ0n) is 16.2. The number of thiophene rings is 1. The van der Waals surface area contributed by atoms with Crippen LogP contribution in [0.1, 0.15) is 22.8 Å². The Kier molecular flexibility index (Phi) is 5.17. The summed E-state index contributed by atoms with van der Waals surface area (Å²) in [6.45, 7) is 0. The van der Waals surface area contributed by atoms with Crippen LogP contribution in [0.15, 0.2) is 57.6 Å². The lowest BCUT2D eigenvalue weighted by Gasteiger charge is -2.24. The molecule has 1 atom stereocenters. The molecular formula is C21H19NO6S2. The van der Waals surface area contributed by atoms with Gasteiger partial charge in [-0.25, -0.2) is 8.42 Å².